The molecular formula is C11H15N3O2. The normalized spacial score (nSPS) is 15.5. The fourth-order valence-corrected chi connectivity index (χ4v) is 1.80. The minimum Gasteiger partial charge on any atom is -0.398 e. The van der Waals surface area contributed by atoms with E-state index in [0.717, 1.165) is 12.2 Å². The predicted octanol–water partition coefficient (Wildman–Crippen LogP) is 2.39. The number of non-ortho nitro benzene ring substituents is 1. The van der Waals surface area contributed by atoms with Crippen molar-refractivity contribution in [3.05, 3.63) is 28.3 Å². The summed E-state index contributed by atoms with van der Waals surface area (Å²) in [6.07, 6.45) is 3.79. The first-order valence-electron chi connectivity index (χ1n) is 5.44. The Hall–Kier alpha value is -1.78. The summed E-state index contributed by atoms with van der Waals surface area (Å²) in [5.74, 6) is 0.709. The molecule has 0 aliphatic heterocycles. The number of nitro groups is 1. The summed E-state index contributed by atoms with van der Waals surface area (Å²) < 4.78 is 0. The number of anilines is 2. The van der Waals surface area contributed by atoms with E-state index in [9.17, 15) is 10.1 Å². The predicted molar refractivity (Wildman–Crippen MR) is 63.3 cm³/mol. The lowest BCUT2D eigenvalue weighted by atomic mass is 9.85. The standard InChI is InChI=1S/C11H15N3O2/c12-9-4-10(6-11(5-9)14(15)16)13-7-8-2-1-3-8/h4-6,8,13H,1-3,7,12H2. The number of rotatable bonds is 4. The Balaban J connectivity index is 2.04. The van der Waals surface area contributed by atoms with E-state index in [1.165, 1.54) is 31.4 Å². The first kappa shape index (κ1) is 10.7. The molecule has 16 heavy (non-hydrogen) atoms. The molecule has 0 bridgehead atoms. The van der Waals surface area contributed by atoms with Crippen molar-refractivity contribution in [1.29, 1.82) is 0 Å². The zero-order valence-corrected chi connectivity index (χ0v) is 8.98. The van der Waals surface area contributed by atoms with Crippen molar-refractivity contribution in [1.82, 2.24) is 0 Å². The van der Waals surface area contributed by atoms with E-state index in [1.54, 1.807) is 6.07 Å². The molecule has 0 aromatic heterocycles. The van der Waals surface area contributed by atoms with Gasteiger partial charge in [0.1, 0.15) is 0 Å². The second kappa shape index (κ2) is 4.38. The van der Waals surface area contributed by atoms with Crippen LogP contribution < -0.4 is 11.1 Å². The van der Waals surface area contributed by atoms with E-state index >= 15 is 0 Å². The lowest BCUT2D eigenvalue weighted by Gasteiger charge is -2.25. The van der Waals surface area contributed by atoms with Gasteiger partial charge in [-0.2, -0.15) is 0 Å². The van der Waals surface area contributed by atoms with Crippen LogP contribution in [0, 0.1) is 16.0 Å². The lowest BCUT2D eigenvalue weighted by Crippen LogP contribution is -2.20. The Kier molecular flexibility index (Phi) is 2.94. The van der Waals surface area contributed by atoms with Gasteiger partial charge in [0.25, 0.3) is 5.69 Å². The molecule has 86 valence electrons. The number of hydrogen-bond acceptors (Lipinski definition) is 4. The van der Waals surface area contributed by atoms with Crippen LogP contribution in [0.5, 0.6) is 0 Å². The van der Waals surface area contributed by atoms with Crippen LogP contribution in [0.3, 0.4) is 0 Å². The molecule has 5 nitrogen and oxygen atoms in total. The minimum absolute atomic E-state index is 0.0381. The maximum absolute atomic E-state index is 10.6. The highest BCUT2D eigenvalue weighted by Crippen LogP contribution is 2.28. The maximum Gasteiger partial charge on any atom is 0.273 e. The van der Waals surface area contributed by atoms with Crippen LogP contribution in [0.25, 0.3) is 0 Å². The Bertz CT molecular complexity index is 402. The van der Waals surface area contributed by atoms with E-state index in [1.807, 2.05) is 0 Å². The monoisotopic (exact) mass is 221 g/mol. The molecule has 2 rings (SSSR count). The molecular weight excluding hydrogens is 206 g/mol. The maximum atomic E-state index is 10.6. The van der Waals surface area contributed by atoms with Crippen LogP contribution in [0.15, 0.2) is 18.2 Å². The molecule has 1 saturated carbocycles. The van der Waals surface area contributed by atoms with Gasteiger partial charge >= 0.3 is 0 Å². The highest BCUT2D eigenvalue weighted by atomic mass is 16.6. The Morgan fingerprint density at radius 3 is 2.75 bits per heavy atom. The van der Waals surface area contributed by atoms with Gasteiger partial charge in [0, 0.05) is 30.1 Å². The fourth-order valence-electron chi connectivity index (χ4n) is 1.80. The quantitative estimate of drug-likeness (QED) is 0.464. The average molecular weight is 221 g/mol. The van der Waals surface area contributed by atoms with Gasteiger partial charge in [-0.25, -0.2) is 0 Å². The highest BCUT2D eigenvalue weighted by Gasteiger charge is 2.17. The van der Waals surface area contributed by atoms with Crippen molar-refractivity contribution in [2.45, 2.75) is 19.3 Å². The molecule has 1 aliphatic carbocycles. The molecule has 0 spiro atoms. The zero-order valence-electron chi connectivity index (χ0n) is 8.98. The summed E-state index contributed by atoms with van der Waals surface area (Å²) in [6, 6.07) is 4.62. The molecule has 5 heteroatoms. The van der Waals surface area contributed by atoms with Gasteiger partial charge in [-0.1, -0.05) is 6.42 Å². The van der Waals surface area contributed by atoms with Gasteiger partial charge in [-0.3, -0.25) is 10.1 Å². The van der Waals surface area contributed by atoms with Gasteiger partial charge in [0.2, 0.25) is 0 Å². The van der Waals surface area contributed by atoms with E-state index in [0.29, 0.717) is 11.6 Å². The van der Waals surface area contributed by atoms with Gasteiger partial charge in [0.05, 0.1) is 4.92 Å². The number of nitrogen functional groups attached to an aromatic ring is 1. The molecule has 0 radical (unpaired) electrons. The number of nitro benzene ring substituents is 1. The number of benzene rings is 1. The molecule has 3 N–H and O–H groups in total. The van der Waals surface area contributed by atoms with Gasteiger partial charge in [-0.05, 0) is 24.8 Å². The van der Waals surface area contributed by atoms with Crippen molar-refractivity contribution in [2.24, 2.45) is 5.92 Å². The molecule has 1 aliphatic rings. The van der Waals surface area contributed by atoms with E-state index < -0.39 is 4.92 Å². The summed E-state index contributed by atoms with van der Waals surface area (Å²) in [5, 5.41) is 13.8. The molecule has 1 aromatic carbocycles. The first-order valence-corrected chi connectivity index (χ1v) is 5.44. The molecule has 0 saturated heterocycles. The Morgan fingerprint density at radius 2 is 2.19 bits per heavy atom. The second-order valence-electron chi connectivity index (χ2n) is 4.25. The molecule has 1 fully saturated rings. The number of hydrogen-bond donors (Lipinski definition) is 2. The average Bonchev–Trinajstić information content (AvgIpc) is 2.14. The summed E-state index contributed by atoms with van der Waals surface area (Å²) in [5.41, 5.74) is 6.80. The van der Waals surface area contributed by atoms with Crippen LogP contribution >= 0.6 is 0 Å². The van der Waals surface area contributed by atoms with Crippen molar-refractivity contribution in [2.75, 3.05) is 17.6 Å². The summed E-state index contributed by atoms with van der Waals surface area (Å²) in [7, 11) is 0. The van der Waals surface area contributed by atoms with E-state index in [2.05, 4.69) is 5.32 Å². The van der Waals surface area contributed by atoms with Crippen molar-refractivity contribution in [3.8, 4) is 0 Å². The molecule has 1 aromatic rings. The van der Waals surface area contributed by atoms with Crippen LogP contribution in [0.1, 0.15) is 19.3 Å². The van der Waals surface area contributed by atoms with Gasteiger partial charge in [0.15, 0.2) is 0 Å². The summed E-state index contributed by atoms with van der Waals surface area (Å²) in [4.78, 5) is 10.2. The number of nitrogens with one attached hydrogen (secondary N) is 1. The Morgan fingerprint density at radius 1 is 1.44 bits per heavy atom. The van der Waals surface area contributed by atoms with Crippen LogP contribution in [0.2, 0.25) is 0 Å². The van der Waals surface area contributed by atoms with Crippen LogP contribution in [0.4, 0.5) is 17.1 Å². The second-order valence-corrected chi connectivity index (χ2v) is 4.25. The van der Waals surface area contributed by atoms with Gasteiger partial charge < -0.3 is 11.1 Å². The zero-order chi connectivity index (χ0) is 11.5. The van der Waals surface area contributed by atoms with Crippen molar-refractivity contribution < 1.29 is 4.92 Å². The van der Waals surface area contributed by atoms with Gasteiger partial charge in [-0.15, -0.1) is 0 Å². The third-order valence-electron chi connectivity index (χ3n) is 2.97. The third kappa shape index (κ3) is 2.42. The van der Waals surface area contributed by atoms with E-state index in [4.69, 9.17) is 5.73 Å². The van der Waals surface area contributed by atoms with Crippen LogP contribution in [-0.2, 0) is 0 Å². The molecule has 0 heterocycles. The molecule has 0 atom stereocenters. The number of nitrogens with two attached hydrogens (primary N) is 1. The molecule has 0 amide bonds. The largest absolute Gasteiger partial charge is 0.398 e. The SMILES string of the molecule is Nc1cc(NCC2CCC2)cc([N+](=O)[O-])c1. The Labute approximate surface area is 93.8 Å². The fraction of sp³-hybridized carbons (Fsp3) is 0.455. The summed E-state index contributed by atoms with van der Waals surface area (Å²) in [6.45, 7) is 0.876. The van der Waals surface area contributed by atoms with E-state index in [-0.39, 0.29) is 5.69 Å². The third-order valence-corrected chi connectivity index (χ3v) is 2.97. The first-order chi connectivity index (χ1) is 7.65. The van der Waals surface area contributed by atoms with Crippen molar-refractivity contribution in [3.63, 3.8) is 0 Å². The number of nitrogens with zero attached hydrogens (tertiary/aromatic N) is 1. The topological polar surface area (TPSA) is 81.2 Å². The molecule has 0 unspecified atom stereocenters. The van der Waals surface area contributed by atoms with Crippen LogP contribution in [-0.4, -0.2) is 11.5 Å². The lowest BCUT2D eigenvalue weighted by molar-refractivity contribution is -0.384. The van der Waals surface area contributed by atoms with Crippen molar-refractivity contribution >= 4 is 17.1 Å². The summed E-state index contributed by atoms with van der Waals surface area (Å²) >= 11 is 0. The minimum atomic E-state index is -0.426. The highest BCUT2D eigenvalue weighted by molar-refractivity contribution is 5.61. The smallest absolute Gasteiger partial charge is 0.273 e.